The lowest BCUT2D eigenvalue weighted by Gasteiger charge is -2.10. The lowest BCUT2D eigenvalue weighted by atomic mass is 10.0. The van der Waals surface area contributed by atoms with E-state index in [0.717, 1.165) is 16.7 Å². The number of aryl methyl sites for hydroxylation is 2. The van der Waals surface area contributed by atoms with E-state index in [2.05, 4.69) is 10.1 Å². The van der Waals surface area contributed by atoms with Gasteiger partial charge < -0.3 is 15.0 Å². The first-order valence-electron chi connectivity index (χ1n) is 6.76. The average Bonchev–Trinajstić information content (AvgIpc) is 2.85. The Hall–Kier alpha value is -1.72. The zero-order valence-corrected chi connectivity index (χ0v) is 12.4. The third-order valence-corrected chi connectivity index (χ3v) is 3.08. The van der Waals surface area contributed by atoms with Crippen molar-refractivity contribution in [1.82, 2.24) is 10.1 Å². The summed E-state index contributed by atoms with van der Waals surface area (Å²) in [6, 6.07) is 5.68. The van der Waals surface area contributed by atoms with Gasteiger partial charge in [0.05, 0.1) is 18.8 Å². The minimum absolute atomic E-state index is 0.131. The zero-order valence-electron chi connectivity index (χ0n) is 12.4. The molecule has 2 N–H and O–H groups in total. The smallest absolute Gasteiger partial charge is 0.258 e. The van der Waals surface area contributed by atoms with Crippen LogP contribution in [0.5, 0.6) is 0 Å². The maximum Gasteiger partial charge on any atom is 0.258 e. The Morgan fingerprint density at radius 2 is 1.90 bits per heavy atom. The van der Waals surface area contributed by atoms with Crippen LogP contribution < -0.4 is 5.73 Å². The quantitative estimate of drug-likeness (QED) is 0.908. The number of ether oxygens (including phenoxy) is 1. The number of nitrogens with zero attached hydrogens (tertiary/aromatic N) is 2. The molecule has 20 heavy (non-hydrogen) atoms. The van der Waals surface area contributed by atoms with E-state index in [0.29, 0.717) is 18.3 Å². The van der Waals surface area contributed by atoms with Gasteiger partial charge in [0.1, 0.15) is 0 Å². The van der Waals surface area contributed by atoms with Crippen molar-refractivity contribution in [3.8, 4) is 11.5 Å². The fourth-order valence-electron chi connectivity index (χ4n) is 2.01. The van der Waals surface area contributed by atoms with Gasteiger partial charge in [-0.25, -0.2) is 0 Å². The molecule has 1 aromatic heterocycles. The topological polar surface area (TPSA) is 74.2 Å². The summed E-state index contributed by atoms with van der Waals surface area (Å²) in [6.07, 6.45) is 0.131. The Bertz CT molecular complexity index is 558. The van der Waals surface area contributed by atoms with Crippen molar-refractivity contribution in [3.05, 3.63) is 35.2 Å². The highest BCUT2D eigenvalue weighted by molar-refractivity contribution is 5.62. The summed E-state index contributed by atoms with van der Waals surface area (Å²) in [4.78, 5) is 4.40. The van der Waals surface area contributed by atoms with Crippen LogP contribution in [0, 0.1) is 13.8 Å². The second-order valence-electron chi connectivity index (χ2n) is 5.21. The van der Waals surface area contributed by atoms with Gasteiger partial charge in [0.15, 0.2) is 5.82 Å². The summed E-state index contributed by atoms with van der Waals surface area (Å²) in [6.45, 7) is 8.35. The van der Waals surface area contributed by atoms with Gasteiger partial charge in [-0.1, -0.05) is 23.4 Å². The number of rotatable bonds is 5. The van der Waals surface area contributed by atoms with Crippen LogP contribution in [0.1, 0.15) is 36.8 Å². The van der Waals surface area contributed by atoms with E-state index in [1.54, 1.807) is 0 Å². The van der Waals surface area contributed by atoms with E-state index in [-0.39, 0.29) is 12.1 Å². The molecule has 2 rings (SSSR count). The van der Waals surface area contributed by atoms with Crippen LogP contribution in [0.15, 0.2) is 22.7 Å². The Morgan fingerprint density at radius 1 is 1.25 bits per heavy atom. The summed E-state index contributed by atoms with van der Waals surface area (Å²) in [7, 11) is 0. The molecule has 0 saturated heterocycles. The lowest BCUT2D eigenvalue weighted by Crippen LogP contribution is -2.20. The van der Waals surface area contributed by atoms with E-state index in [1.807, 2.05) is 45.9 Å². The molecule has 1 unspecified atom stereocenters. The van der Waals surface area contributed by atoms with Crippen molar-refractivity contribution >= 4 is 0 Å². The van der Waals surface area contributed by atoms with Gasteiger partial charge in [0.25, 0.3) is 5.89 Å². The third kappa shape index (κ3) is 3.23. The SMILES string of the molecule is Cc1cccc(C)c1-c1nc(C(N)COC(C)C)no1. The molecular weight excluding hydrogens is 254 g/mol. The Kier molecular flexibility index (Phi) is 4.52. The van der Waals surface area contributed by atoms with Crippen molar-refractivity contribution < 1.29 is 9.26 Å². The fourth-order valence-corrected chi connectivity index (χ4v) is 2.01. The molecule has 5 heteroatoms. The Morgan fingerprint density at radius 3 is 2.50 bits per heavy atom. The maximum atomic E-state index is 6.00. The Balaban J connectivity index is 2.20. The van der Waals surface area contributed by atoms with E-state index in [9.17, 15) is 0 Å². The maximum absolute atomic E-state index is 6.00. The highest BCUT2D eigenvalue weighted by Crippen LogP contribution is 2.26. The molecule has 0 saturated carbocycles. The largest absolute Gasteiger partial charge is 0.377 e. The predicted octanol–water partition coefficient (Wildman–Crippen LogP) is 2.78. The molecule has 0 aliphatic carbocycles. The van der Waals surface area contributed by atoms with Crippen LogP contribution in [0.3, 0.4) is 0 Å². The third-order valence-electron chi connectivity index (χ3n) is 3.08. The van der Waals surface area contributed by atoms with Gasteiger partial charge in [0, 0.05) is 5.56 Å². The summed E-state index contributed by atoms with van der Waals surface area (Å²) >= 11 is 0. The molecule has 0 spiro atoms. The van der Waals surface area contributed by atoms with Crippen LogP contribution in [0.2, 0.25) is 0 Å². The first-order chi connectivity index (χ1) is 9.49. The minimum Gasteiger partial charge on any atom is -0.377 e. The van der Waals surface area contributed by atoms with Gasteiger partial charge in [-0.05, 0) is 38.8 Å². The van der Waals surface area contributed by atoms with Gasteiger partial charge in [-0.3, -0.25) is 0 Å². The highest BCUT2D eigenvalue weighted by Gasteiger charge is 2.18. The zero-order chi connectivity index (χ0) is 14.7. The summed E-state index contributed by atoms with van der Waals surface area (Å²) < 4.78 is 10.8. The molecule has 1 heterocycles. The van der Waals surface area contributed by atoms with Crippen molar-refractivity contribution in [3.63, 3.8) is 0 Å². The average molecular weight is 275 g/mol. The Labute approximate surface area is 119 Å². The highest BCUT2D eigenvalue weighted by atomic mass is 16.5. The molecule has 108 valence electrons. The first-order valence-corrected chi connectivity index (χ1v) is 6.76. The molecule has 0 fully saturated rings. The summed E-state index contributed by atoms with van der Waals surface area (Å²) in [5, 5.41) is 3.96. The number of hydrogen-bond acceptors (Lipinski definition) is 5. The molecular formula is C15H21N3O2. The molecule has 0 radical (unpaired) electrons. The van der Waals surface area contributed by atoms with Gasteiger partial charge in [0.2, 0.25) is 0 Å². The molecule has 0 aliphatic rings. The molecule has 0 bridgehead atoms. The van der Waals surface area contributed by atoms with E-state index in [4.69, 9.17) is 15.0 Å². The van der Waals surface area contributed by atoms with Crippen LogP contribution in [0.4, 0.5) is 0 Å². The number of hydrogen-bond donors (Lipinski definition) is 1. The summed E-state index contributed by atoms with van der Waals surface area (Å²) in [5.41, 5.74) is 9.18. The minimum atomic E-state index is -0.376. The number of benzene rings is 1. The van der Waals surface area contributed by atoms with Gasteiger partial charge in [-0.15, -0.1) is 0 Å². The number of nitrogens with two attached hydrogens (primary N) is 1. The molecule has 1 atom stereocenters. The lowest BCUT2D eigenvalue weighted by molar-refractivity contribution is 0.0665. The normalized spacial score (nSPS) is 12.9. The van der Waals surface area contributed by atoms with Crippen molar-refractivity contribution in [2.45, 2.75) is 39.8 Å². The van der Waals surface area contributed by atoms with Crippen LogP contribution in [-0.4, -0.2) is 22.9 Å². The number of aromatic nitrogens is 2. The second kappa shape index (κ2) is 6.15. The standard InChI is InChI=1S/C15H21N3O2/c1-9(2)19-8-12(16)14-17-15(20-18-14)13-10(3)6-5-7-11(13)4/h5-7,9,12H,8,16H2,1-4H3. The van der Waals surface area contributed by atoms with Crippen LogP contribution in [0.25, 0.3) is 11.5 Å². The second-order valence-corrected chi connectivity index (χ2v) is 5.21. The van der Waals surface area contributed by atoms with Crippen LogP contribution in [-0.2, 0) is 4.74 Å². The monoisotopic (exact) mass is 275 g/mol. The van der Waals surface area contributed by atoms with Crippen molar-refractivity contribution in [1.29, 1.82) is 0 Å². The van der Waals surface area contributed by atoms with Gasteiger partial charge >= 0.3 is 0 Å². The summed E-state index contributed by atoms with van der Waals surface area (Å²) in [5.74, 6) is 0.985. The van der Waals surface area contributed by atoms with Crippen LogP contribution >= 0.6 is 0 Å². The van der Waals surface area contributed by atoms with E-state index in [1.165, 1.54) is 0 Å². The van der Waals surface area contributed by atoms with E-state index >= 15 is 0 Å². The molecule has 5 nitrogen and oxygen atoms in total. The van der Waals surface area contributed by atoms with E-state index < -0.39 is 0 Å². The fraction of sp³-hybridized carbons (Fsp3) is 0.467. The molecule has 0 aliphatic heterocycles. The van der Waals surface area contributed by atoms with Crippen molar-refractivity contribution in [2.75, 3.05) is 6.61 Å². The molecule has 1 aromatic carbocycles. The molecule has 0 amide bonds. The van der Waals surface area contributed by atoms with Gasteiger partial charge in [-0.2, -0.15) is 4.98 Å². The van der Waals surface area contributed by atoms with Crippen molar-refractivity contribution in [2.24, 2.45) is 5.73 Å². The first kappa shape index (κ1) is 14.7. The molecule has 2 aromatic rings. The predicted molar refractivity (Wildman–Crippen MR) is 77.2 cm³/mol.